The van der Waals surface area contributed by atoms with E-state index in [0.717, 1.165) is 12.3 Å². The van der Waals surface area contributed by atoms with E-state index in [0.29, 0.717) is 12.0 Å². The van der Waals surface area contributed by atoms with E-state index in [9.17, 15) is 4.79 Å². The maximum atomic E-state index is 11.7. The Bertz CT molecular complexity index is 246. The van der Waals surface area contributed by atoms with Gasteiger partial charge in [-0.2, -0.15) is 0 Å². The van der Waals surface area contributed by atoms with Crippen molar-refractivity contribution >= 4 is 5.97 Å². The number of methoxy groups -OCH3 is 1. The normalized spacial score (nSPS) is 23.9. The Kier molecular flexibility index (Phi) is 3.85. The molecule has 92 valence electrons. The molecule has 0 aromatic heterocycles. The van der Waals surface area contributed by atoms with Gasteiger partial charge in [-0.05, 0) is 37.5 Å². The highest BCUT2D eigenvalue weighted by molar-refractivity contribution is 5.76. The van der Waals surface area contributed by atoms with Crippen molar-refractivity contribution in [1.29, 1.82) is 0 Å². The van der Waals surface area contributed by atoms with Crippen LogP contribution in [0.1, 0.15) is 45.4 Å². The largest absolute Gasteiger partial charge is 0.468 e. The summed E-state index contributed by atoms with van der Waals surface area (Å²) in [5.41, 5.74) is 0. The fourth-order valence-electron chi connectivity index (χ4n) is 2.32. The zero-order valence-corrected chi connectivity index (χ0v) is 10.4. The second kappa shape index (κ2) is 5.17. The molecule has 0 radical (unpaired) electrons. The number of esters is 1. The molecule has 2 aliphatic rings. The zero-order valence-electron chi connectivity index (χ0n) is 10.4. The molecule has 0 amide bonds. The van der Waals surface area contributed by atoms with Gasteiger partial charge in [-0.1, -0.05) is 19.8 Å². The van der Waals surface area contributed by atoms with Gasteiger partial charge in [-0.3, -0.25) is 4.79 Å². The molecule has 0 aromatic rings. The summed E-state index contributed by atoms with van der Waals surface area (Å²) in [6.07, 6.45) is 7.45. The lowest BCUT2D eigenvalue weighted by atomic mass is 10.0. The van der Waals surface area contributed by atoms with Crippen LogP contribution in [0.4, 0.5) is 0 Å². The molecule has 2 rings (SSSR count). The molecule has 2 saturated carbocycles. The monoisotopic (exact) mass is 225 g/mol. The van der Waals surface area contributed by atoms with E-state index in [1.54, 1.807) is 0 Å². The van der Waals surface area contributed by atoms with Gasteiger partial charge in [0.2, 0.25) is 0 Å². The van der Waals surface area contributed by atoms with Crippen LogP contribution < -0.4 is 5.32 Å². The van der Waals surface area contributed by atoms with E-state index in [-0.39, 0.29) is 12.0 Å². The molecule has 0 aliphatic heterocycles. The fourth-order valence-corrected chi connectivity index (χ4v) is 2.32. The first kappa shape index (κ1) is 11.9. The first-order valence-corrected chi connectivity index (χ1v) is 6.58. The van der Waals surface area contributed by atoms with Crippen LogP contribution in [0.15, 0.2) is 0 Å². The van der Waals surface area contributed by atoms with Crippen LogP contribution >= 0.6 is 0 Å². The van der Waals surface area contributed by atoms with Gasteiger partial charge >= 0.3 is 5.97 Å². The minimum absolute atomic E-state index is 0.0475. The second-order valence-corrected chi connectivity index (χ2v) is 5.29. The zero-order chi connectivity index (χ0) is 11.5. The highest BCUT2D eigenvalue weighted by Crippen LogP contribution is 2.36. The van der Waals surface area contributed by atoms with Gasteiger partial charge in [0.15, 0.2) is 0 Å². The summed E-state index contributed by atoms with van der Waals surface area (Å²) in [6.45, 7) is 2.20. The van der Waals surface area contributed by atoms with E-state index in [1.165, 1.54) is 39.2 Å². The third-order valence-electron chi connectivity index (χ3n) is 3.77. The molecule has 0 spiro atoms. The molecule has 3 nitrogen and oxygen atoms in total. The maximum Gasteiger partial charge on any atom is 0.323 e. The predicted octanol–water partition coefficient (Wildman–Crippen LogP) is 2.11. The van der Waals surface area contributed by atoms with E-state index in [1.807, 2.05) is 0 Å². The van der Waals surface area contributed by atoms with Crippen LogP contribution in [-0.2, 0) is 9.53 Å². The first-order chi connectivity index (χ1) is 7.74. The average molecular weight is 225 g/mol. The molecule has 16 heavy (non-hydrogen) atoms. The van der Waals surface area contributed by atoms with E-state index >= 15 is 0 Å². The van der Waals surface area contributed by atoms with Crippen molar-refractivity contribution < 1.29 is 9.53 Å². The summed E-state index contributed by atoms with van der Waals surface area (Å²) in [6, 6.07) is 0.450. The van der Waals surface area contributed by atoms with Gasteiger partial charge in [-0.25, -0.2) is 0 Å². The molecular weight excluding hydrogens is 202 g/mol. The Morgan fingerprint density at radius 2 is 2.06 bits per heavy atom. The molecule has 2 fully saturated rings. The molecular formula is C13H23NO2. The lowest BCUT2D eigenvalue weighted by molar-refractivity contribution is -0.144. The summed E-state index contributed by atoms with van der Waals surface area (Å²) in [7, 11) is 1.49. The van der Waals surface area contributed by atoms with E-state index < -0.39 is 0 Å². The Morgan fingerprint density at radius 3 is 2.50 bits per heavy atom. The molecule has 2 aliphatic carbocycles. The smallest absolute Gasteiger partial charge is 0.323 e. The van der Waals surface area contributed by atoms with Crippen LogP contribution in [-0.4, -0.2) is 25.2 Å². The number of carbonyl (C=O) groups is 1. The number of rotatable bonds is 7. The van der Waals surface area contributed by atoms with Crippen LogP contribution in [0.2, 0.25) is 0 Å². The standard InChI is InChI=1S/C13H23NO2/c1-3-11(8-9-4-5-9)14-12(10-6-7-10)13(15)16-2/h9-12,14H,3-8H2,1-2H3. The second-order valence-electron chi connectivity index (χ2n) is 5.29. The Hall–Kier alpha value is -0.570. The summed E-state index contributed by atoms with van der Waals surface area (Å²) in [5.74, 6) is 1.37. The average Bonchev–Trinajstić information content (AvgIpc) is 3.15. The Balaban J connectivity index is 1.84. The molecule has 2 atom stereocenters. The lowest BCUT2D eigenvalue weighted by Crippen LogP contribution is -2.45. The van der Waals surface area contributed by atoms with E-state index in [4.69, 9.17) is 4.74 Å². The first-order valence-electron chi connectivity index (χ1n) is 6.58. The number of carbonyl (C=O) groups excluding carboxylic acids is 1. The van der Waals surface area contributed by atoms with Gasteiger partial charge in [0.1, 0.15) is 6.04 Å². The van der Waals surface area contributed by atoms with Gasteiger partial charge < -0.3 is 10.1 Å². The minimum atomic E-state index is -0.0725. The maximum absolute atomic E-state index is 11.7. The molecule has 0 saturated heterocycles. The van der Waals surface area contributed by atoms with Crippen molar-refractivity contribution in [2.24, 2.45) is 11.8 Å². The topological polar surface area (TPSA) is 38.3 Å². The number of hydrogen-bond acceptors (Lipinski definition) is 3. The summed E-state index contributed by atoms with van der Waals surface area (Å²) in [4.78, 5) is 11.7. The third kappa shape index (κ3) is 3.21. The van der Waals surface area contributed by atoms with Gasteiger partial charge in [0.05, 0.1) is 7.11 Å². The molecule has 0 bridgehead atoms. The third-order valence-corrected chi connectivity index (χ3v) is 3.77. The van der Waals surface area contributed by atoms with Crippen molar-refractivity contribution in [3.05, 3.63) is 0 Å². The number of hydrogen-bond donors (Lipinski definition) is 1. The Morgan fingerprint density at radius 1 is 1.38 bits per heavy atom. The number of ether oxygens (including phenoxy) is 1. The van der Waals surface area contributed by atoms with Crippen molar-refractivity contribution in [2.75, 3.05) is 7.11 Å². The molecule has 2 unspecified atom stereocenters. The SMILES string of the molecule is CCC(CC1CC1)NC(C(=O)OC)C1CC1. The van der Waals surface area contributed by atoms with E-state index in [2.05, 4.69) is 12.2 Å². The Labute approximate surface area is 97.9 Å². The van der Waals surface area contributed by atoms with Crippen molar-refractivity contribution in [3.8, 4) is 0 Å². The molecule has 0 heterocycles. The van der Waals surface area contributed by atoms with Crippen LogP contribution in [0.5, 0.6) is 0 Å². The highest BCUT2D eigenvalue weighted by atomic mass is 16.5. The fraction of sp³-hybridized carbons (Fsp3) is 0.923. The molecule has 0 aromatic carbocycles. The van der Waals surface area contributed by atoms with Crippen LogP contribution in [0.25, 0.3) is 0 Å². The lowest BCUT2D eigenvalue weighted by Gasteiger charge is -2.23. The van der Waals surface area contributed by atoms with Crippen molar-refractivity contribution in [3.63, 3.8) is 0 Å². The van der Waals surface area contributed by atoms with Gasteiger partial charge in [-0.15, -0.1) is 0 Å². The predicted molar refractivity (Wildman–Crippen MR) is 63.1 cm³/mol. The van der Waals surface area contributed by atoms with Crippen molar-refractivity contribution in [1.82, 2.24) is 5.32 Å². The summed E-state index contributed by atoms with van der Waals surface area (Å²) >= 11 is 0. The van der Waals surface area contributed by atoms with Crippen LogP contribution in [0, 0.1) is 11.8 Å². The summed E-state index contributed by atoms with van der Waals surface area (Å²) in [5, 5.41) is 3.51. The van der Waals surface area contributed by atoms with Crippen molar-refractivity contribution in [2.45, 2.75) is 57.5 Å². The highest BCUT2D eigenvalue weighted by Gasteiger charge is 2.38. The van der Waals surface area contributed by atoms with Crippen LogP contribution in [0.3, 0.4) is 0 Å². The molecule has 3 heteroatoms. The summed E-state index contributed by atoms with van der Waals surface area (Å²) < 4.78 is 4.88. The van der Waals surface area contributed by atoms with Gasteiger partial charge in [0.25, 0.3) is 0 Å². The van der Waals surface area contributed by atoms with Gasteiger partial charge in [0, 0.05) is 6.04 Å². The number of nitrogens with one attached hydrogen (secondary N) is 1. The molecule has 1 N–H and O–H groups in total. The minimum Gasteiger partial charge on any atom is -0.468 e. The quantitative estimate of drug-likeness (QED) is 0.674.